The van der Waals surface area contributed by atoms with Crippen LogP contribution >= 0.6 is 0 Å². The van der Waals surface area contributed by atoms with Crippen LogP contribution in [-0.4, -0.2) is 18.9 Å². The Hall–Kier alpha value is -2.98. The molecule has 4 nitrogen and oxygen atoms in total. The molecule has 6 rings (SSSR count). The van der Waals surface area contributed by atoms with E-state index in [2.05, 4.69) is 42.3 Å². The lowest BCUT2D eigenvalue weighted by Crippen LogP contribution is -2.16. The minimum absolute atomic E-state index is 0.0666. The van der Waals surface area contributed by atoms with Crippen molar-refractivity contribution in [2.75, 3.05) is 0 Å². The molecule has 3 aliphatic rings. The maximum absolute atomic E-state index is 11.8. The Kier molecular flexibility index (Phi) is 8.52. The van der Waals surface area contributed by atoms with Gasteiger partial charge in [-0.1, -0.05) is 92.6 Å². The predicted molar refractivity (Wildman–Crippen MR) is 156 cm³/mol. The first kappa shape index (κ1) is 27.6. The molecule has 1 unspecified atom stereocenters. The van der Waals surface area contributed by atoms with Crippen molar-refractivity contribution in [2.45, 2.75) is 88.4 Å². The van der Waals surface area contributed by atoms with Crippen molar-refractivity contribution < 1.29 is 17.8 Å². The van der Waals surface area contributed by atoms with Gasteiger partial charge in [0.1, 0.15) is 5.94 Å². The highest BCUT2D eigenvalue weighted by Gasteiger charge is 2.31. The molecule has 204 valence electrons. The first-order valence-corrected chi connectivity index (χ1v) is 15.8. The molecule has 3 aromatic carbocycles. The lowest BCUT2D eigenvalue weighted by molar-refractivity contribution is 0.355. The van der Waals surface area contributed by atoms with E-state index < -0.39 is 10.1 Å². The topological polar surface area (TPSA) is 71.4 Å². The lowest BCUT2D eigenvalue weighted by atomic mass is 9.74. The van der Waals surface area contributed by atoms with Crippen LogP contribution in [0.4, 0.5) is 0 Å². The second-order valence-corrected chi connectivity index (χ2v) is 12.8. The average molecular weight is 543 g/mol. The van der Waals surface area contributed by atoms with E-state index in [9.17, 15) is 13.2 Å². The number of benzene rings is 3. The van der Waals surface area contributed by atoms with Crippen LogP contribution in [0.5, 0.6) is 0 Å². The largest absolute Gasteiger partial charge is 0.294 e. The maximum atomic E-state index is 11.8. The van der Waals surface area contributed by atoms with E-state index in [0.29, 0.717) is 5.92 Å². The van der Waals surface area contributed by atoms with Gasteiger partial charge in [0.2, 0.25) is 0 Å². The van der Waals surface area contributed by atoms with Crippen LogP contribution in [0.15, 0.2) is 71.1 Å². The van der Waals surface area contributed by atoms with Crippen molar-refractivity contribution in [3.8, 4) is 11.1 Å². The first-order chi connectivity index (χ1) is 18.8. The van der Waals surface area contributed by atoms with Gasteiger partial charge in [0.15, 0.2) is 0 Å². The summed E-state index contributed by atoms with van der Waals surface area (Å²) in [5.41, 5.74) is 10.8. The van der Waals surface area contributed by atoms with Gasteiger partial charge in [-0.15, -0.1) is 0 Å². The zero-order valence-electron chi connectivity index (χ0n) is 22.8. The van der Waals surface area contributed by atoms with Crippen LogP contribution in [0, 0.1) is 12.8 Å². The number of rotatable bonds is 4. The normalized spacial score (nSPS) is 18.9. The number of fused-ring (bicyclic) bond motifs is 3. The SMILES string of the molecule is Cc1ccc(S(=O)(=O)O)cc1.O=C=C1CCCCC1c1c(CC2CCCCC2)ccc2c1Cc1ccccc1-2. The Labute approximate surface area is 232 Å². The fourth-order valence-electron chi connectivity index (χ4n) is 6.76. The highest BCUT2D eigenvalue weighted by Crippen LogP contribution is 2.47. The Morgan fingerprint density at radius 3 is 2.28 bits per heavy atom. The number of carbonyl (C=O) groups excluding carboxylic acids is 1. The molecule has 0 bridgehead atoms. The smallest absolute Gasteiger partial charge is 0.282 e. The van der Waals surface area contributed by atoms with Crippen LogP contribution in [0.2, 0.25) is 0 Å². The van der Waals surface area contributed by atoms with Gasteiger partial charge in [0, 0.05) is 11.5 Å². The summed E-state index contributed by atoms with van der Waals surface area (Å²) in [6, 6.07) is 19.6. The predicted octanol–water partition coefficient (Wildman–Crippen LogP) is 8.04. The van der Waals surface area contributed by atoms with Gasteiger partial charge in [-0.2, -0.15) is 8.42 Å². The lowest BCUT2D eigenvalue weighted by Gasteiger charge is -2.30. The van der Waals surface area contributed by atoms with Crippen molar-refractivity contribution >= 4 is 16.1 Å². The van der Waals surface area contributed by atoms with Crippen molar-refractivity contribution in [3.05, 3.63) is 94.1 Å². The fourth-order valence-corrected chi connectivity index (χ4v) is 7.24. The zero-order chi connectivity index (χ0) is 27.4. The highest BCUT2D eigenvalue weighted by atomic mass is 32.2. The molecule has 1 N–H and O–H groups in total. The molecular formula is C34H38O4S. The maximum Gasteiger partial charge on any atom is 0.294 e. The third kappa shape index (κ3) is 6.27. The molecule has 0 radical (unpaired) electrons. The summed E-state index contributed by atoms with van der Waals surface area (Å²) in [7, 11) is -4.02. The summed E-state index contributed by atoms with van der Waals surface area (Å²) < 4.78 is 29.6. The summed E-state index contributed by atoms with van der Waals surface area (Å²) >= 11 is 0. The molecule has 3 aromatic rings. The second kappa shape index (κ2) is 12.0. The number of hydrogen-bond acceptors (Lipinski definition) is 3. The van der Waals surface area contributed by atoms with Gasteiger partial charge in [-0.25, -0.2) is 4.79 Å². The monoisotopic (exact) mass is 542 g/mol. The van der Waals surface area contributed by atoms with E-state index in [4.69, 9.17) is 4.55 Å². The van der Waals surface area contributed by atoms with E-state index in [1.54, 1.807) is 12.1 Å². The Morgan fingerprint density at radius 2 is 1.56 bits per heavy atom. The van der Waals surface area contributed by atoms with E-state index in [0.717, 1.165) is 42.7 Å². The van der Waals surface area contributed by atoms with Crippen molar-refractivity contribution in [3.63, 3.8) is 0 Å². The van der Waals surface area contributed by atoms with E-state index in [1.807, 2.05) is 6.92 Å². The minimum Gasteiger partial charge on any atom is -0.282 e. The second-order valence-electron chi connectivity index (χ2n) is 11.4. The van der Waals surface area contributed by atoms with E-state index in [1.165, 1.54) is 90.5 Å². The fraction of sp³-hybridized carbons (Fsp3) is 0.412. The molecule has 0 aliphatic heterocycles. The molecular weight excluding hydrogens is 504 g/mol. The van der Waals surface area contributed by atoms with Crippen LogP contribution in [0.25, 0.3) is 11.1 Å². The average Bonchev–Trinajstić information content (AvgIpc) is 3.32. The van der Waals surface area contributed by atoms with E-state index >= 15 is 0 Å². The van der Waals surface area contributed by atoms with Crippen LogP contribution in [0.1, 0.15) is 91.5 Å². The van der Waals surface area contributed by atoms with E-state index in [-0.39, 0.29) is 4.90 Å². The molecule has 2 saturated carbocycles. The molecule has 0 saturated heterocycles. The summed E-state index contributed by atoms with van der Waals surface area (Å²) in [4.78, 5) is 11.7. The third-order valence-electron chi connectivity index (χ3n) is 8.76. The van der Waals surface area contributed by atoms with Crippen molar-refractivity contribution in [1.82, 2.24) is 0 Å². The Balaban J connectivity index is 0.000000237. The molecule has 2 fully saturated rings. The summed E-state index contributed by atoms with van der Waals surface area (Å²) in [5.74, 6) is 3.48. The molecule has 0 amide bonds. The molecule has 0 heterocycles. The quantitative estimate of drug-likeness (QED) is 0.209. The third-order valence-corrected chi connectivity index (χ3v) is 9.63. The van der Waals surface area contributed by atoms with Gasteiger partial charge in [-0.05, 0) is 90.5 Å². The van der Waals surface area contributed by atoms with Crippen LogP contribution in [-0.2, 0) is 27.8 Å². The van der Waals surface area contributed by atoms with Gasteiger partial charge in [-0.3, -0.25) is 4.55 Å². The molecule has 5 heteroatoms. The molecule has 0 aromatic heterocycles. The van der Waals surface area contributed by atoms with Crippen molar-refractivity contribution in [1.29, 1.82) is 0 Å². The molecule has 3 aliphatic carbocycles. The molecule has 1 atom stereocenters. The number of allylic oxidation sites excluding steroid dienone is 1. The highest BCUT2D eigenvalue weighted by molar-refractivity contribution is 7.85. The zero-order valence-corrected chi connectivity index (χ0v) is 23.6. The Morgan fingerprint density at radius 1 is 0.846 bits per heavy atom. The standard InChI is InChI=1S/C27H30O.C7H8O3S/c28-18-22-11-5-7-13-24(22)27-21(16-19-8-2-1-3-9-19)14-15-25-23-12-6-4-10-20(23)17-26(25)27;1-6-2-4-7(5-3-6)11(8,9)10/h4,6,10,12,14-15,19,24H,1-3,5,7-9,11,13,16-17H2;2-5H,1H3,(H,8,9,10). The van der Waals surface area contributed by atoms with Crippen LogP contribution < -0.4 is 0 Å². The number of hydrogen-bond donors (Lipinski definition) is 1. The summed E-state index contributed by atoms with van der Waals surface area (Å²) in [6.07, 6.45) is 13.6. The van der Waals surface area contributed by atoms with Gasteiger partial charge in [0.05, 0.1) is 4.90 Å². The summed E-state index contributed by atoms with van der Waals surface area (Å²) in [5, 5.41) is 0. The first-order valence-electron chi connectivity index (χ1n) is 14.4. The summed E-state index contributed by atoms with van der Waals surface area (Å²) in [6.45, 7) is 1.84. The van der Waals surface area contributed by atoms with Gasteiger partial charge in [0.25, 0.3) is 10.1 Å². The Bertz CT molecular complexity index is 1470. The van der Waals surface area contributed by atoms with Gasteiger partial charge >= 0.3 is 0 Å². The van der Waals surface area contributed by atoms with Crippen molar-refractivity contribution in [2.24, 2.45) is 5.92 Å². The minimum atomic E-state index is -4.02. The molecule has 0 spiro atoms. The molecule has 39 heavy (non-hydrogen) atoms. The van der Waals surface area contributed by atoms with Gasteiger partial charge < -0.3 is 0 Å². The number of aryl methyl sites for hydroxylation is 1. The van der Waals surface area contributed by atoms with Crippen LogP contribution in [0.3, 0.4) is 0 Å².